The van der Waals surface area contributed by atoms with Crippen LogP contribution in [0.25, 0.3) is 0 Å². The van der Waals surface area contributed by atoms with E-state index in [9.17, 15) is 0 Å². The van der Waals surface area contributed by atoms with Gasteiger partial charge < -0.3 is 15.2 Å². The van der Waals surface area contributed by atoms with Crippen LogP contribution < -0.4 is 10.5 Å². The number of halogens is 1. The van der Waals surface area contributed by atoms with Crippen LogP contribution in [0.5, 0.6) is 5.75 Å². The highest BCUT2D eigenvalue weighted by Crippen LogP contribution is 2.43. The van der Waals surface area contributed by atoms with Crippen LogP contribution in [0.15, 0.2) is 16.6 Å². The van der Waals surface area contributed by atoms with Crippen molar-refractivity contribution in [3.63, 3.8) is 0 Å². The highest BCUT2D eigenvalue weighted by atomic mass is 79.9. The first-order valence-corrected chi connectivity index (χ1v) is 7.05. The van der Waals surface area contributed by atoms with Gasteiger partial charge >= 0.3 is 0 Å². The van der Waals surface area contributed by atoms with Crippen molar-refractivity contribution in [2.45, 2.75) is 37.8 Å². The van der Waals surface area contributed by atoms with E-state index in [-0.39, 0.29) is 5.54 Å². The smallest absolute Gasteiger partial charge is 0.125 e. The molecular weight excluding hydrogens is 294 g/mol. The Labute approximate surface area is 117 Å². The normalized spacial score (nSPS) is 18.0. The molecule has 0 spiro atoms. The predicted octanol–water partition coefficient (Wildman–Crippen LogP) is 3.33. The van der Waals surface area contributed by atoms with Gasteiger partial charge in [-0.15, -0.1) is 0 Å². The fraction of sp³-hybridized carbons (Fsp3) is 0.571. The maximum Gasteiger partial charge on any atom is 0.125 e. The standard InChI is InChI=1S/C14H20BrNO2/c1-17-9-10-7-11(15)8-12(18-2)13(10)14(16)5-3-4-6-14/h7-8H,3-6,9,16H2,1-2H3. The molecule has 18 heavy (non-hydrogen) atoms. The topological polar surface area (TPSA) is 44.5 Å². The molecule has 2 rings (SSSR count). The Hall–Kier alpha value is -0.580. The summed E-state index contributed by atoms with van der Waals surface area (Å²) in [6, 6.07) is 4.07. The summed E-state index contributed by atoms with van der Waals surface area (Å²) in [5.74, 6) is 0.862. The summed E-state index contributed by atoms with van der Waals surface area (Å²) in [5, 5.41) is 0. The van der Waals surface area contributed by atoms with Gasteiger partial charge in [0, 0.05) is 22.7 Å². The summed E-state index contributed by atoms with van der Waals surface area (Å²) in [4.78, 5) is 0. The molecule has 0 saturated heterocycles. The van der Waals surface area contributed by atoms with Crippen LogP contribution in [-0.4, -0.2) is 14.2 Å². The molecule has 1 fully saturated rings. The largest absolute Gasteiger partial charge is 0.496 e. The van der Waals surface area contributed by atoms with Crippen LogP contribution in [-0.2, 0) is 16.9 Å². The predicted molar refractivity (Wildman–Crippen MR) is 75.7 cm³/mol. The molecule has 1 saturated carbocycles. The van der Waals surface area contributed by atoms with Gasteiger partial charge in [0.15, 0.2) is 0 Å². The van der Waals surface area contributed by atoms with Gasteiger partial charge in [-0.1, -0.05) is 28.8 Å². The van der Waals surface area contributed by atoms with Crippen molar-refractivity contribution in [2.75, 3.05) is 14.2 Å². The Morgan fingerprint density at radius 2 is 1.94 bits per heavy atom. The van der Waals surface area contributed by atoms with Gasteiger partial charge in [-0.05, 0) is 30.5 Å². The lowest BCUT2D eigenvalue weighted by atomic mass is 9.85. The van der Waals surface area contributed by atoms with E-state index in [2.05, 4.69) is 22.0 Å². The van der Waals surface area contributed by atoms with E-state index >= 15 is 0 Å². The third-order valence-corrected chi connectivity index (χ3v) is 4.12. The molecule has 1 aromatic rings. The molecule has 2 N–H and O–H groups in total. The van der Waals surface area contributed by atoms with Crippen LogP contribution in [0, 0.1) is 0 Å². The van der Waals surface area contributed by atoms with Crippen molar-refractivity contribution in [2.24, 2.45) is 5.73 Å². The average molecular weight is 314 g/mol. The molecule has 0 atom stereocenters. The fourth-order valence-electron chi connectivity index (χ4n) is 2.89. The van der Waals surface area contributed by atoms with Crippen LogP contribution in [0.3, 0.4) is 0 Å². The van der Waals surface area contributed by atoms with E-state index in [0.717, 1.165) is 34.2 Å². The van der Waals surface area contributed by atoms with Gasteiger partial charge in [-0.25, -0.2) is 0 Å². The van der Waals surface area contributed by atoms with Gasteiger partial charge in [-0.2, -0.15) is 0 Å². The van der Waals surface area contributed by atoms with Crippen molar-refractivity contribution >= 4 is 15.9 Å². The first-order chi connectivity index (χ1) is 8.60. The minimum Gasteiger partial charge on any atom is -0.496 e. The summed E-state index contributed by atoms with van der Waals surface area (Å²) >= 11 is 3.51. The lowest BCUT2D eigenvalue weighted by Crippen LogP contribution is -2.35. The zero-order valence-corrected chi connectivity index (χ0v) is 12.5. The zero-order valence-electron chi connectivity index (χ0n) is 11.0. The average Bonchev–Trinajstić information content (AvgIpc) is 2.76. The Bertz CT molecular complexity index is 428. The molecular formula is C14H20BrNO2. The minimum absolute atomic E-state index is 0.264. The summed E-state index contributed by atoms with van der Waals surface area (Å²) in [6.07, 6.45) is 4.40. The molecule has 0 bridgehead atoms. The highest BCUT2D eigenvalue weighted by molar-refractivity contribution is 9.10. The number of rotatable bonds is 4. The van der Waals surface area contributed by atoms with Gasteiger partial charge in [0.25, 0.3) is 0 Å². The van der Waals surface area contributed by atoms with E-state index in [1.54, 1.807) is 14.2 Å². The highest BCUT2D eigenvalue weighted by Gasteiger charge is 2.36. The molecule has 0 heterocycles. The molecule has 100 valence electrons. The van der Waals surface area contributed by atoms with Crippen molar-refractivity contribution in [3.8, 4) is 5.75 Å². The molecule has 3 nitrogen and oxygen atoms in total. The Kier molecular flexibility index (Phi) is 4.30. The van der Waals surface area contributed by atoms with E-state index in [4.69, 9.17) is 15.2 Å². The van der Waals surface area contributed by atoms with E-state index in [1.807, 2.05) is 6.07 Å². The zero-order chi connectivity index (χ0) is 13.2. The second-order valence-electron chi connectivity index (χ2n) is 4.94. The van der Waals surface area contributed by atoms with Crippen molar-refractivity contribution < 1.29 is 9.47 Å². The summed E-state index contributed by atoms with van der Waals surface area (Å²) in [5.41, 5.74) is 8.56. The van der Waals surface area contributed by atoms with Crippen LogP contribution in [0.4, 0.5) is 0 Å². The number of hydrogen-bond acceptors (Lipinski definition) is 3. The SMILES string of the molecule is COCc1cc(Br)cc(OC)c1C1(N)CCCC1. The quantitative estimate of drug-likeness (QED) is 0.927. The Morgan fingerprint density at radius 3 is 2.50 bits per heavy atom. The number of nitrogens with two attached hydrogens (primary N) is 1. The van der Waals surface area contributed by atoms with Crippen LogP contribution in [0.1, 0.15) is 36.8 Å². The van der Waals surface area contributed by atoms with Gasteiger partial charge in [0.05, 0.1) is 13.7 Å². The Balaban J connectivity index is 2.54. The number of ether oxygens (including phenoxy) is 2. The Morgan fingerprint density at radius 1 is 1.28 bits per heavy atom. The second-order valence-corrected chi connectivity index (χ2v) is 5.85. The molecule has 0 aliphatic heterocycles. The number of hydrogen-bond donors (Lipinski definition) is 1. The third kappa shape index (κ3) is 2.56. The van der Waals surface area contributed by atoms with Crippen molar-refractivity contribution in [1.29, 1.82) is 0 Å². The van der Waals surface area contributed by atoms with E-state index in [1.165, 1.54) is 12.8 Å². The number of methoxy groups -OCH3 is 2. The lowest BCUT2D eigenvalue weighted by molar-refractivity contribution is 0.182. The second kappa shape index (κ2) is 5.59. The monoisotopic (exact) mass is 313 g/mol. The van der Waals surface area contributed by atoms with Gasteiger partial charge in [0.2, 0.25) is 0 Å². The summed E-state index contributed by atoms with van der Waals surface area (Å²) in [7, 11) is 3.40. The van der Waals surface area contributed by atoms with Crippen LogP contribution in [0.2, 0.25) is 0 Å². The molecule has 1 aliphatic rings. The first-order valence-electron chi connectivity index (χ1n) is 6.25. The maximum atomic E-state index is 6.59. The molecule has 1 aliphatic carbocycles. The lowest BCUT2D eigenvalue weighted by Gasteiger charge is -2.29. The first kappa shape index (κ1) is 13.8. The molecule has 0 amide bonds. The summed E-state index contributed by atoms with van der Waals surface area (Å²) in [6.45, 7) is 0.560. The van der Waals surface area contributed by atoms with E-state index in [0.29, 0.717) is 6.61 Å². The van der Waals surface area contributed by atoms with Crippen molar-refractivity contribution in [3.05, 3.63) is 27.7 Å². The molecule has 0 radical (unpaired) electrons. The molecule has 4 heteroatoms. The fourth-order valence-corrected chi connectivity index (χ4v) is 3.37. The molecule has 0 unspecified atom stereocenters. The van der Waals surface area contributed by atoms with Gasteiger partial charge in [-0.3, -0.25) is 0 Å². The van der Waals surface area contributed by atoms with Crippen molar-refractivity contribution in [1.82, 2.24) is 0 Å². The maximum absolute atomic E-state index is 6.59. The number of benzene rings is 1. The van der Waals surface area contributed by atoms with Gasteiger partial charge in [0.1, 0.15) is 5.75 Å². The van der Waals surface area contributed by atoms with E-state index < -0.39 is 0 Å². The third-order valence-electron chi connectivity index (χ3n) is 3.66. The molecule has 0 aromatic heterocycles. The van der Waals surface area contributed by atoms with Crippen LogP contribution >= 0.6 is 15.9 Å². The molecule has 1 aromatic carbocycles. The minimum atomic E-state index is -0.264. The summed E-state index contributed by atoms with van der Waals surface area (Å²) < 4.78 is 11.8.